The van der Waals surface area contributed by atoms with Crippen LogP contribution in [-0.2, 0) is 23.8 Å². The van der Waals surface area contributed by atoms with Crippen molar-refractivity contribution in [1.29, 1.82) is 0 Å². The second-order valence-corrected chi connectivity index (χ2v) is 5.84. The summed E-state index contributed by atoms with van der Waals surface area (Å²) in [7, 11) is 3.25. The van der Waals surface area contributed by atoms with Crippen LogP contribution in [0.3, 0.4) is 0 Å². The molecule has 3 N–H and O–H groups in total. The highest BCUT2D eigenvalue weighted by molar-refractivity contribution is 5.77. The number of rotatable bonds is 6. The van der Waals surface area contributed by atoms with E-state index < -0.39 is 30.7 Å². The number of methoxy groups -OCH3 is 1. The third-order valence-corrected chi connectivity index (χ3v) is 4.20. The summed E-state index contributed by atoms with van der Waals surface area (Å²) in [5, 5.41) is 27.3. The van der Waals surface area contributed by atoms with Crippen molar-refractivity contribution in [2.75, 3.05) is 34.0 Å². The van der Waals surface area contributed by atoms with Crippen LogP contribution in [0.1, 0.15) is 12.8 Å². The summed E-state index contributed by atoms with van der Waals surface area (Å²) in [4.78, 5) is 23.2. The molecule has 1 aliphatic heterocycles. The molecule has 2 rings (SSSR count). The Kier molecular flexibility index (Phi) is 8.91. The van der Waals surface area contributed by atoms with Gasteiger partial charge < -0.3 is 29.5 Å². The van der Waals surface area contributed by atoms with E-state index in [1.54, 1.807) is 14.2 Å². The number of carbonyl (C=O) groups excluding carboxylic acids is 2. The van der Waals surface area contributed by atoms with E-state index in [1.807, 2.05) is 0 Å². The van der Waals surface area contributed by atoms with Gasteiger partial charge in [-0.15, -0.1) is 0 Å². The number of allylic oxidation sites excluding steroid dienone is 1. The van der Waals surface area contributed by atoms with Crippen LogP contribution >= 0.6 is 0 Å². The summed E-state index contributed by atoms with van der Waals surface area (Å²) in [5.74, 6) is -1.40. The fraction of sp³-hybridized carbons (Fsp3) is 0.750. The van der Waals surface area contributed by atoms with E-state index in [0.29, 0.717) is 24.7 Å². The topological polar surface area (TPSA) is 123 Å². The number of hydrogen-bond acceptors (Lipinski definition) is 8. The van der Waals surface area contributed by atoms with Crippen molar-refractivity contribution in [2.45, 2.75) is 25.0 Å². The molecule has 5 unspecified atom stereocenters. The van der Waals surface area contributed by atoms with Crippen LogP contribution in [-0.4, -0.2) is 73.8 Å². The molecule has 0 aromatic rings. The third kappa shape index (κ3) is 5.01. The molecule has 0 aromatic carbocycles. The van der Waals surface area contributed by atoms with Crippen molar-refractivity contribution < 1.29 is 39.1 Å². The highest BCUT2D eigenvalue weighted by Crippen LogP contribution is 2.46. The summed E-state index contributed by atoms with van der Waals surface area (Å²) < 4.78 is 14.6. The predicted molar refractivity (Wildman–Crippen MR) is 82.8 cm³/mol. The normalized spacial score (nSPS) is 29.3. The van der Waals surface area contributed by atoms with Crippen LogP contribution < -0.4 is 0 Å². The molecular weight excluding hydrogens is 320 g/mol. The first-order chi connectivity index (χ1) is 11.5. The molecule has 0 radical (unpaired) electrons. The smallest absolute Gasteiger partial charge is 0.309 e. The lowest BCUT2D eigenvalue weighted by Crippen LogP contribution is -2.40. The second-order valence-electron chi connectivity index (χ2n) is 5.84. The zero-order valence-corrected chi connectivity index (χ0v) is 14.0. The minimum absolute atomic E-state index is 0.117. The molecule has 1 heterocycles. The van der Waals surface area contributed by atoms with Gasteiger partial charge in [0.05, 0.1) is 25.4 Å². The molecule has 138 valence electrons. The molecule has 24 heavy (non-hydrogen) atoms. The van der Waals surface area contributed by atoms with Crippen LogP contribution in [0.2, 0.25) is 0 Å². The first kappa shape index (κ1) is 20.6. The van der Waals surface area contributed by atoms with Crippen LogP contribution in [0.25, 0.3) is 0 Å². The summed E-state index contributed by atoms with van der Waals surface area (Å²) in [6, 6.07) is 0. The van der Waals surface area contributed by atoms with Crippen LogP contribution in [0.4, 0.5) is 0 Å². The summed E-state index contributed by atoms with van der Waals surface area (Å²) in [6.45, 7) is -0.999. The monoisotopic (exact) mass is 346 g/mol. The van der Waals surface area contributed by atoms with Crippen molar-refractivity contribution in [3.05, 3.63) is 11.8 Å². The average molecular weight is 346 g/mol. The van der Waals surface area contributed by atoms with Gasteiger partial charge in [-0.05, 0) is 18.8 Å². The Morgan fingerprint density at radius 2 is 2.08 bits per heavy atom. The maximum absolute atomic E-state index is 12.1. The van der Waals surface area contributed by atoms with Gasteiger partial charge in [0.2, 0.25) is 0 Å². The van der Waals surface area contributed by atoms with Crippen molar-refractivity contribution in [1.82, 2.24) is 0 Å². The number of esters is 1. The molecule has 8 nitrogen and oxygen atoms in total. The van der Waals surface area contributed by atoms with Crippen molar-refractivity contribution in [2.24, 2.45) is 17.8 Å². The summed E-state index contributed by atoms with van der Waals surface area (Å²) >= 11 is 0. The van der Waals surface area contributed by atoms with Gasteiger partial charge in [0, 0.05) is 25.7 Å². The maximum Gasteiger partial charge on any atom is 0.309 e. The number of hydrogen-bond donors (Lipinski definition) is 3. The van der Waals surface area contributed by atoms with Crippen LogP contribution in [0, 0.1) is 17.8 Å². The third-order valence-electron chi connectivity index (χ3n) is 4.20. The van der Waals surface area contributed by atoms with E-state index in [2.05, 4.69) is 4.74 Å². The Morgan fingerprint density at radius 3 is 2.62 bits per heavy atom. The SMILES string of the molecule is COC.O=CC1=COC(CO)C2C(C(=O)OCC(O)CO)CCC12. The fourth-order valence-corrected chi connectivity index (χ4v) is 3.17. The molecule has 8 heteroatoms. The first-order valence-electron chi connectivity index (χ1n) is 7.81. The zero-order chi connectivity index (χ0) is 18.1. The van der Waals surface area contributed by atoms with E-state index in [4.69, 9.17) is 14.6 Å². The molecular formula is C16H26O8. The standard InChI is InChI=1S/C14H20O7.C2H6O/c15-3-8-6-20-12(5-17)13-10(8)1-2-11(13)14(19)21-7-9(18)4-16;1-3-2/h3,6,9-13,16-18H,1-2,4-5,7H2;1-2H3. The number of fused-ring (bicyclic) bond motifs is 1. The van der Waals surface area contributed by atoms with Crippen LogP contribution in [0.5, 0.6) is 0 Å². The number of aliphatic hydroxyl groups excluding tert-OH is 3. The number of carbonyl (C=O) groups is 2. The van der Waals surface area contributed by atoms with Crippen molar-refractivity contribution in [3.63, 3.8) is 0 Å². The minimum atomic E-state index is -1.10. The van der Waals surface area contributed by atoms with E-state index in [-0.39, 0.29) is 25.0 Å². The Hall–Kier alpha value is -1.48. The first-order valence-corrected chi connectivity index (χ1v) is 7.81. The van der Waals surface area contributed by atoms with Crippen LogP contribution in [0.15, 0.2) is 11.8 Å². The molecule has 0 amide bonds. The molecule has 0 saturated heterocycles. The highest BCUT2D eigenvalue weighted by Gasteiger charge is 2.49. The zero-order valence-electron chi connectivity index (χ0n) is 14.0. The van der Waals surface area contributed by atoms with Gasteiger partial charge in [-0.2, -0.15) is 0 Å². The van der Waals surface area contributed by atoms with E-state index in [1.165, 1.54) is 6.26 Å². The quantitative estimate of drug-likeness (QED) is 0.425. The molecule has 2 aliphatic rings. The highest BCUT2D eigenvalue weighted by atomic mass is 16.5. The Morgan fingerprint density at radius 1 is 1.42 bits per heavy atom. The van der Waals surface area contributed by atoms with Crippen molar-refractivity contribution in [3.8, 4) is 0 Å². The van der Waals surface area contributed by atoms with Gasteiger partial charge in [-0.3, -0.25) is 9.59 Å². The van der Waals surface area contributed by atoms with Gasteiger partial charge in [-0.1, -0.05) is 0 Å². The molecule has 5 atom stereocenters. The molecule has 1 aliphatic carbocycles. The van der Waals surface area contributed by atoms with E-state index >= 15 is 0 Å². The predicted octanol–water partition coefficient (Wildman–Crippen LogP) is -0.738. The minimum Gasteiger partial charge on any atom is -0.495 e. The Labute approximate surface area is 141 Å². The van der Waals surface area contributed by atoms with Gasteiger partial charge in [0.1, 0.15) is 25.1 Å². The lowest BCUT2D eigenvalue weighted by Gasteiger charge is -2.34. The lowest BCUT2D eigenvalue weighted by atomic mass is 9.80. The Bertz CT molecular complexity index is 436. The van der Waals surface area contributed by atoms with E-state index in [9.17, 15) is 19.8 Å². The molecule has 1 saturated carbocycles. The maximum atomic E-state index is 12.1. The van der Waals surface area contributed by atoms with Gasteiger partial charge in [-0.25, -0.2) is 0 Å². The molecule has 0 bridgehead atoms. The Balaban J connectivity index is 0.000000891. The van der Waals surface area contributed by atoms with Gasteiger partial charge >= 0.3 is 5.97 Å². The second kappa shape index (κ2) is 10.4. The number of ether oxygens (including phenoxy) is 3. The largest absolute Gasteiger partial charge is 0.495 e. The van der Waals surface area contributed by atoms with Gasteiger partial charge in [0.15, 0.2) is 0 Å². The average Bonchev–Trinajstić information content (AvgIpc) is 3.04. The molecule has 0 aromatic heterocycles. The lowest BCUT2D eigenvalue weighted by molar-refractivity contribution is -0.156. The van der Waals surface area contributed by atoms with Crippen molar-refractivity contribution >= 4 is 12.3 Å². The fourth-order valence-electron chi connectivity index (χ4n) is 3.17. The number of aldehydes is 1. The molecule has 0 spiro atoms. The van der Waals surface area contributed by atoms with E-state index in [0.717, 1.165) is 0 Å². The number of aliphatic hydroxyl groups is 3. The summed E-state index contributed by atoms with van der Waals surface area (Å²) in [5.41, 5.74) is 0.496. The molecule has 1 fully saturated rings. The van der Waals surface area contributed by atoms with Gasteiger partial charge in [0.25, 0.3) is 0 Å². The summed E-state index contributed by atoms with van der Waals surface area (Å²) in [6.07, 6.45) is 1.62.